The van der Waals surface area contributed by atoms with Gasteiger partial charge in [0.05, 0.1) is 12.4 Å². The van der Waals surface area contributed by atoms with Crippen molar-refractivity contribution in [3.05, 3.63) is 0 Å². The first-order chi connectivity index (χ1) is 5.25. The van der Waals surface area contributed by atoms with Gasteiger partial charge in [-0.15, -0.1) is 0 Å². The van der Waals surface area contributed by atoms with E-state index in [1.54, 1.807) is 6.92 Å². The van der Waals surface area contributed by atoms with Crippen molar-refractivity contribution in [2.45, 2.75) is 19.1 Å². The Bertz CT molecular complexity index is 225. The highest BCUT2D eigenvalue weighted by molar-refractivity contribution is 7.88. The molecule has 1 unspecified atom stereocenters. The number of nitrogens with zero attached hydrogens (tertiary/aromatic N) is 1. The maximum absolute atomic E-state index is 10.9. The second kappa shape index (κ2) is 4.18. The third-order valence-electron chi connectivity index (χ3n) is 1.62. The standard InChI is InChI=1S/C6H16N2O3S/c1-5(7)6(9)4-8(2)12(3,10)11/h5-6,9H,4,7H2,1-3H3/t5-,6?/m0/s1. The minimum absolute atomic E-state index is 0.0382. The Labute approximate surface area is 73.2 Å². The maximum atomic E-state index is 10.9. The zero-order valence-electron chi connectivity index (χ0n) is 7.56. The third kappa shape index (κ3) is 4.01. The van der Waals surface area contributed by atoms with Crippen LogP contribution in [-0.4, -0.2) is 49.8 Å². The summed E-state index contributed by atoms with van der Waals surface area (Å²) in [6.45, 7) is 1.66. The molecule has 0 aliphatic heterocycles. The quantitative estimate of drug-likeness (QED) is 0.578. The van der Waals surface area contributed by atoms with E-state index < -0.39 is 22.2 Å². The number of hydrogen-bond donors (Lipinski definition) is 2. The highest BCUT2D eigenvalue weighted by Gasteiger charge is 2.17. The third-order valence-corrected chi connectivity index (χ3v) is 2.90. The van der Waals surface area contributed by atoms with E-state index in [0.717, 1.165) is 10.6 Å². The number of likely N-dealkylation sites (N-methyl/N-ethyl adjacent to an activating group) is 1. The summed E-state index contributed by atoms with van der Waals surface area (Å²) in [7, 11) is -1.81. The molecule has 0 bridgehead atoms. The molecule has 0 radical (unpaired) electrons. The van der Waals surface area contributed by atoms with Crippen LogP contribution in [0.15, 0.2) is 0 Å². The minimum atomic E-state index is -3.21. The smallest absolute Gasteiger partial charge is 0.211 e. The van der Waals surface area contributed by atoms with Crippen LogP contribution in [0.5, 0.6) is 0 Å². The topological polar surface area (TPSA) is 83.6 Å². The number of aliphatic hydroxyl groups excluding tert-OH is 1. The van der Waals surface area contributed by atoms with Crippen molar-refractivity contribution in [2.24, 2.45) is 5.73 Å². The molecule has 0 heterocycles. The van der Waals surface area contributed by atoms with Crippen molar-refractivity contribution in [1.82, 2.24) is 4.31 Å². The van der Waals surface area contributed by atoms with Gasteiger partial charge in [0.1, 0.15) is 0 Å². The molecule has 0 spiro atoms. The van der Waals surface area contributed by atoms with Gasteiger partial charge in [0.25, 0.3) is 0 Å². The molecule has 0 fully saturated rings. The molecule has 0 rings (SSSR count). The van der Waals surface area contributed by atoms with Crippen LogP contribution in [0.3, 0.4) is 0 Å². The average molecular weight is 196 g/mol. The molecule has 0 saturated heterocycles. The highest BCUT2D eigenvalue weighted by atomic mass is 32.2. The first-order valence-electron chi connectivity index (χ1n) is 3.60. The Balaban J connectivity index is 4.11. The predicted octanol–water partition coefficient (Wildman–Crippen LogP) is -1.41. The van der Waals surface area contributed by atoms with Crippen LogP contribution in [0.2, 0.25) is 0 Å². The van der Waals surface area contributed by atoms with E-state index in [1.165, 1.54) is 7.05 Å². The zero-order valence-corrected chi connectivity index (χ0v) is 8.37. The van der Waals surface area contributed by atoms with Gasteiger partial charge in [0, 0.05) is 19.6 Å². The maximum Gasteiger partial charge on any atom is 0.211 e. The van der Waals surface area contributed by atoms with E-state index in [9.17, 15) is 13.5 Å². The fraction of sp³-hybridized carbons (Fsp3) is 1.00. The summed E-state index contributed by atoms with van der Waals surface area (Å²) in [5.41, 5.74) is 5.36. The number of rotatable bonds is 4. The van der Waals surface area contributed by atoms with Gasteiger partial charge in [0.2, 0.25) is 10.0 Å². The monoisotopic (exact) mass is 196 g/mol. The molecule has 0 aliphatic carbocycles. The Morgan fingerprint density at radius 2 is 2.00 bits per heavy atom. The number of hydrogen-bond acceptors (Lipinski definition) is 4. The van der Waals surface area contributed by atoms with Crippen molar-refractivity contribution in [2.75, 3.05) is 19.8 Å². The fourth-order valence-corrected chi connectivity index (χ4v) is 0.989. The van der Waals surface area contributed by atoms with Crippen LogP contribution in [-0.2, 0) is 10.0 Å². The molecule has 0 aromatic carbocycles. The summed E-state index contributed by atoms with van der Waals surface area (Å²) in [4.78, 5) is 0. The summed E-state index contributed by atoms with van der Waals surface area (Å²) >= 11 is 0. The zero-order chi connectivity index (χ0) is 9.94. The Morgan fingerprint density at radius 1 is 1.58 bits per heavy atom. The van der Waals surface area contributed by atoms with E-state index in [4.69, 9.17) is 5.73 Å². The molecule has 74 valence electrons. The van der Waals surface area contributed by atoms with Gasteiger partial charge in [-0.1, -0.05) is 0 Å². The normalized spacial score (nSPS) is 17.8. The molecule has 3 N–H and O–H groups in total. The molecule has 12 heavy (non-hydrogen) atoms. The summed E-state index contributed by atoms with van der Waals surface area (Å²) in [6.07, 6.45) is 0.269. The Morgan fingerprint density at radius 3 is 2.25 bits per heavy atom. The van der Waals surface area contributed by atoms with Gasteiger partial charge in [-0.25, -0.2) is 12.7 Å². The summed E-state index contributed by atoms with van der Waals surface area (Å²) in [5, 5.41) is 9.23. The van der Waals surface area contributed by atoms with E-state index in [-0.39, 0.29) is 6.54 Å². The van der Waals surface area contributed by atoms with Crippen LogP contribution in [0.25, 0.3) is 0 Å². The summed E-state index contributed by atoms with van der Waals surface area (Å²) in [5.74, 6) is 0. The van der Waals surface area contributed by atoms with Crippen molar-refractivity contribution >= 4 is 10.0 Å². The largest absolute Gasteiger partial charge is 0.390 e. The highest BCUT2D eigenvalue weighted by Crippen LogP contribution is 1.97. The van der Waals surface area contributed by atoms with Crippen molar-refractivity contribution in [1.29, 1.82) is 0 Å². The number of nitrogens with two attached hydrogens (primary N) is 1. The lowest BCUT2D eigenvalue weighted by Gasteiger charge is -2.20. The second-order valence-corrected chi connectivity index (χ2v) is 5.06. The van der Waals surface area contributed by atoms with E-state index >= 15 is 0 Å². The van der Waals surface area contributed by atoms with E-state index in [0.29, 0.717) is 0 Å². The molecule has 6 heteroatoms. The number of aliphatic hydroxyl groups is 1. The lowest BCUT2D eigenvalue weighted by atomic mass is 10.2. The van der Waals surface area contributed by atoms with Crippen molar-refractivity contribution in [3.8, 4) is 0 Å². The first-order valence-corrected chi connectivity index (χ1v) is 5.45. The lowest BCUT2D eigenvalue weighted by Crippen LogP contribution is -2.42. The molecular weight excluding hydrogens is 180 g/mol. The van der Waals surface area contributed by atoms with Crippen LogP contribution in [0.4, 0.5) is 0 Å². The van der Waals surface area contributed by atoms with Gasteiger partial charge in [0.15, 0.2) is 0 Å². The minimum Gasteiger partial charge on any atom is -0.390 e. The molecule has 0 saturated carbocycles. The van der Waals surface area contributed by atoms with Crippen LogP contribution in [0.1, 0.15) is 6.92 Å². The van der Waals surface area contributed by atoms with Crippen molar-refractivity contribution < 1.29 is 13.5 Å². The van der Waals surface area contributed by atoms with Gasteiger partial charge in [-0.2, -0.15) is 0 Å². The van der Waals surface area contributed by atoms with Gasteiger partial charge >= 0.3 is 0 Å². The van der Waals surface area contributed by atoms with Gasteiger partial charge in [-0.3, -0.25) is 0 Å². The van der Waals surface area contributed by atoms with Crippen LogP contribution >= 0.6 is 0 Å². The molecule has 0 aromatic heterocycles. The second-order valence-electron chi connectivity index (χ2n) is 2.97. The molecule has 2 atom stereocenters. The molecule has 0 aromatic rings. The Hall–Kier alpha value is -0.170. The molecule has 0 aliphatic rings. The van der Waals surface area contributed by atoms with Gasteiger partial charge < -0.3 is 10.8 Å². The van der Waals surface area contributed by atoms with Crippen LogP contribution in [0, 0.1) is 0 Å². The molecule has 5 nitrogen and oxygen atoms in total. The SMILES string of the molecule is C[C@H](N)C(O)CN(C)S(C)(=O)=O. The van der Waals surface area contributed by atoms with Crippen LogP contribution < -0.4 is 5.73 Å². The summed E-state index contributed by atoms with van der Waals surface area (Å²) in [6, 6.07) is -0.422. The average Bonchev–Trinajstić information content (AvgIpc) is 1.85. The van der Waals surface area contributed by atoms with E-state index in [2.05, 4.69) is 0 Å². The molecular formula is C6H16N2O3S. The van der Waals surface area contributed by atoms with Crippen molar-refractivity contribution in [3.63, 3.8) is 0 Å². The number of sulfonamides is 1. The fourth-order valence-electron chi connectivity index (χ4n) is 0.565. The van der Waals surface area contributed by atoms with Gasteiger partial charge in [-0.05, 0) is 6.92 Å². The Kier molecular flexibility index (Phi) is 4.12. The lowest BCUT2D eigenvalue weighted by molar-refractivity contribution is 0.131. The van der Waals surface area contributed by atoms with E-state index in [1.807, 2.05) is 0 Å². The predicted molar refractivity (Wildman–Crippen MR) is 47.1 cm³/mol. The first kappa shape index (κ1) is 11.8. The summed E-state index contributed by atoms with van der Waals surface area (Å²) < 4.78 is 22.8. The molecule has 0 amide bonds.